The molecule has 6 nitrogen and oxygen atoms in total. The number of urea groups is 1. The predicted octanol–water partition coefficient (Wildman–Crippen LogP) is 4.30. The Morgan fingerprint density at radius 1 is 1.23 bits per heavy atom. The summed E-state index contributed by atoms with van der Waals surface area (Å²) in [6.45, 7) is 0.394. The zero-order valence-corrected chi connectivity index (χ0v) is 15.6. The zero-order valence-electron chi connectivity index (χ0n) is 14.8. The van der Waals surface area contributed by atoms with Crippen LogP contribution in [0.1, 0.15) is 47.6 Å². The maximum atomic E-state index is 12.9. The molecule has 0 spiro atoms. The molecule has 0 atom stereocenters. The third kappa shape index (κ3) is 4.60. The first-order valence-corrected chi connectivity index (χ1v) is 9.70. The smallest absolute Gasteiger partial charge is 0.357 e. The Bertz CT molecular complexity index is 741. The van der Waals surface area contributed by atoms with Gasteiger partial charge in [0, 0.05) is 17.1 Å². The monoisotopic (exact) mass is 373 g/mol. The van der Waals surface area contributed by atoms with Crippen LogP contribution in [-0.2, 0) is 11.3 Å². The summed E-state index contributed by atoms with van der Waals surface area (Å²) in [6.07, 6.45) is 5.47. The largest absolute Gasteiger partial charge is 0.464 e. The lowest BCUT2D eigenvalue weighted by molar-refractivity contribution is 0.0594. The fraction of sp³-hybridized carbons (Fsp3) is 0.421. The molecule has 2 aromatic rings. The summed E-state index contributed by atoms with van der Waals surface area (Å²) in [4.78, 5) is 30.7. The van der Waals surface area contributed by atoms with Crippen molar-refractivity contribution in [3.8, 4) is 0 Å². The van der Waals surface area contributed by atoms with Crippen molar-refractivity contribution < 1.29 is 14.3 Å². The van der Waals surface area contributed by atoms with Crippen molar-refractivity contribution in [1.82, 2.24) is 9.88 Å². The highest BCUT2D eigenvalue weighted by atomic mass is 32.1. The minimum Gasteiger partial charge on any atom is -0.464 e. The van der Waals surface area contributed by atoms with E-state index in [9.17, 15) is 9.59 Å². The number of thiazole rings is 1. The number of benzene rings is 1. The van der Waals surface area contributed by atoms with Gasteiger partial charge in [0.2, 0.25) is 0 Å². The molecule has 1 fully saturated rings. The van der Waals surface area contributed by atoms with Crippen molar-refractivity contribution in [3.05, 3.63) is 46.4 Å². The van der Waals surface area contributed by atoms with E-state index in [0.29, 0.717) is 12.2 Å². The number of hydrogen-bond donors (Lipinski definition) is 1. The highest BCUT2D eigenvalue weighted by Gasteiger charge is 2.27. The van der Waals surface area contributed by atoms with E-state index < -0.39 is 5.97 Å². The van der Waals surface area contributed by atoms with Crippen LogP contribution in [0.5, 0.6) is 0 Å². The zero-order chi connectivity index (χ0) is 18.4. The molecule has 1 aliphatic rings. The van der Waals surface area contributed by atoms with E-state index >= 15 is 0 Å². The van der Waals surface area contributed by atoms with Crippen molar-refractivity contribution >= 4 is 29.0 Å². The van der Waals surface area contributed by atoms with Gasteiger partial charge in [0.25, 0.3) is 0 Å². The van der Waals surface area contributed by atoms with Crippen LogP contribution < -0.4 is 5.32 Å². The van der Waals surface area contributed by atoms with Crippen LogP contribution in [0.2, 0.25) is 0 Å². The van der Waals surface area contributed by atoms with Crippen LogP contribution in [0.3, 0.4) is 0 Å². The molecule has 2 amide bonds. The lowest BCUT2D eigenvalue weighted by atomic mass is 9.94. The number of rotatable bonds is 5. The number of nitrogens with zero attached hydrogens (tertiary/aromatic N) is 2. The highest BCUT2D eigenvalue weighted by molar-refractivity contribution is 7.09. The number of amides is 2. The van der Waals surface area contributed by atoms with Gasteiger partial charge in [-0.3, -0.25) is 0 Å². The number of carbonyl (C=O) groups excluding carboxylic acids is 2. The summed E-state index contributed by atoms with van der Waals surface area (Å²) in [7, 11) is 1.34. The Balaban J connectivity index is 1.75. The molecule has 26 heavy (non-hydrogen) atoms. The van der Waals surface area contributed by atoms with Crippen LogP contribution in [0.25, 0.3) is 0 Å². The number of hydrogen-bond acceptors (Lipinski definition) is 5. The van der Waals surface area contributed by atoms with Crippen LogP contribution >= 0.6 is 11.3 Å². The summed E-state index contributed by atoms with van der Waals surface area (Å²) in [6, 6.07) is 9.51. The molecule has 0 saturated heterocycles. The molecule has 1 aliphatic carbocycles. The third-order valence-electron chi connectivity index (χ3n) is 4.55. The van der Waals surface area contributed by atoms with E-state index in [2.05, 4.69) is 10.3 Å². The number of nitrogens with one attached hydrogen (secondary N) is 1. The lowest BCUT2D eigenvalue weighted by Gasteiger charge is -2.33. The van der Waals surface area contributed by atoms with Crippen molar-refractivity contribution in [3.63, 3.8) is 0 Å². The van der Waals surface area contributed by atoms with Gasteiger partial charge in [-0.25, -0.2) is 14.6 Å². The third-order valence-corrected chi connectivity index (χ3v) is 5.39. The molecule has 3 rings (SSSR count). The van der Waals surface area contributed by atoms with Crippen LogP contribution in [0.15, 0.2) is 35.7 Å². The predicted molar refractivity (Wildman–Crippen MR) is 101 cm³/mol. The Morgan fingerprint density at radius 2 is 1.96 bits per heavy atom. The highest BCUT2D eigenvalue weighted by Crippen LogP contribution is 2.26. The normalized spacial score (nSPS) is 14.7. The summed E-state index contributed by atoms with van der Waals surface area (Å²) < 4.78 is 4.71. The number of methoxy groups -OCH3 is 1. The molecule has 1 saturated carbocycles. The molecule has 0 radical (unpaired) electrons. The standard InChI is InChI=1S/C19H23N3O3S/c1-25-18(23)16-13-26-17(21-16)12-22(15-10-6-3-7-11-15)19(24)20-14-8-4-2-5-9-14/h2,4-5,8-9,13,15H,3,6-7,10-12H2,1H3,(H,20,24). The van der Waals surface area contributed by atoms with E-state index in [-0.39, 0.29) is 12.1 Å². The van der Waals surface area contributed by atoms with Gasteiger partial charge in [-0.2, -0.15) is 0 Å². The van der Waals surface area contributed by atoms with Gasteiger partial charge in [0.05, 0.1) is 13.7 Å². The topological polar surface area (TPSA) is 71.5 Å². The van der Waals surface area contributed by atoms with Crippen LogP contribution in [0, 0.1) is 0 Å². The van der Waals surface area contributed by atoms with E-state index in [1.807, 2.05) is 35.2 Å². The maximum absolute atomic E-state index is 12.9. The number of esters is 1. The van der Waals surface area contributed by atoms with E-state index in [1.165, 1.54) is 24.9 Å². The Morgan fingerprint density at radius 3 is 2.65 bits per heavy atom. The molecule has 0 unspecified atom stereocenters. The van der Waals surface area contributed by atoms with Gasteiger partial charge in [0.1, 0.15) is 5.01 Å². The second-order valence-electron chi connectivity index (χ2n) is 6.33. The number of aromatic nitrogens is 1. The SMILES string of the molecule is COC(=O)c1csc(CN(C(=O)Nc2ccccc2)C2CCCCC2)n1. The quantitative estimate of drug-likeness (QED) is 0.794. The molecule has 1 aromatic heterocycles. The van der Waals surface area contributed by atoms with Crippen LogP contribution in [0.4, 0.5) is 10.5 Å². The minimum atomic E-state index is -0.453. The Hall–Kier alpha value is -2.41. The fourth-order valence-corrected chi connectivity index (χ4v) is 3.97. The van der Waals surface area contributed by atoms with Gasteiger partial charge in [-0.05, 0) is 25.0 Å². The van der Waals surface area contributed by atoms with Crippen LogP contribution in [-0.4, -0.2) is 35.0 Å². The second-order valence-corrected chi connectivity index (χ2v) is 7.28. The number of anilines is 1. The van der Waals surface area contributed by atoms with Crippen molar-refractivity contribution in [2.24, 2.45) is 0 Å². The van der Waals surface area contributed by atoms with Gasteiger partial charge in [-0.1, -0.05) is 37.5 Å². The first-order chi connectivity index (χ1) is 12.7. The molecule has 1 N–H and O–H groups in total. The Labute approximate surface area is 157 Å². The van der Waals surface area contributed by atoms with Gasteiger partial charge in [0.15, 0.2) is 5.69 Å². The molecular formula is C19H23N3O3S. The van der Waals surface area contributed by atoms with E-state index in [0.717, 1.165) is 36.4 Å². The molecule has 138 valence electrons. The molecule has 1 heterocycles. The second kappa shape index (κ2) is 8.80. The summed E-state index contributed by atoms with van der Waals surface area (Å²) >= 11 is 1.38. The summed E-state index contributed by atoms with van der Waals surface area (Å²) in [5.41, 5.74) is 1.06. The number of ether oxygens (including phenoxy) is 1. The van der Waals surface area contributed by atoms with E-state index in [4.69, 9.17) is 4.74 Å². The molecule has 0 aliphatic heterocycles. The molecular weight excluding hydrogens is 350 g/mol. The lowest BCUT2D eigenvalue weighted by Crippen LogP contribution is -2.43. The van der Waals surface area contributed by atoms with E-state index in [1.54, 1.807) is 5.38 Å². The van der Waals surface area contributed by atoms with Crippen molar-refractivity contribution in [1.29, 1.82) is 0 Å². The average molecular weight is 373 g/mol. The van der Waals surface area contributed by atoms with Gasteiger partial charge >= 0.3 is 12.0 Å². The van der Waals surface area contributed by atoms with Gasteiger partial charge < -0.3 is 15.0 Å². The molecule has 7 heteroatoms. The first-order valence-electron chi connectivity index (χ1n) is 8.83. The average Bonchev–Trinajstić information content (AvgIpc) is 3.15. The fourth-order valence-electron chi connectivity index (χ4n) is 3.20. The minimum absolute atomic E-state index is 0.127. The molecule has 0 bridgehead atoms. The summed E-state index contributed by atoms with van der Waals surface area (Å²) in [5.74, 6) is -0.453. The number of para-hydroxylation sites is 1. The maximum Gasteiger partial charge on any atom is 0.357 e. The molecule has 1 aromatic carbocycles. The first kappa shape index (κ1) is 18.4. The Kier molecular flexibility index (Phi) is 6.22. The summed E-state index contributed by atoms with van der Waals surface area (Å²) in [5, 5.41) is 5.38. The van der Waals surface area contributed by atoms with Crippen molar-refractivity contribution in [2.75, 3.05) is 12.4 Å². The number of carbonyl (C=O) groups is 2. The van der Waals surface area contributed by atoms with Gasteiger partial charge in [-0.15, -0.1) is 11.3 Å². The van der Waals surface area contributed by atoms with Crippen molar-refractivity contribution in [2.45, 2.75) is 44.7 Å².